The minimum atomic E-state index is -0.389. The molecule has 0 bridgehead atoms. The van der Waals surface area contributed by atoms with Gasteiger partial charge in [0.05, 0.1) is 13.2 Å². The second-order valence-electron chi connectivity index (χ2n) is 5.37. The molecule has 0 spiro atoms. The van der Waals surface area contributed by atoms with Crippen molar-refractivity contribution in [2.45, 2.75) is 39.3 Å². The lowest BCUT2D eigenvalue weighted by Gasteiger charge is -2.36. The fourth-order valence-electron chi connectivity index (χ4n) is 2.28. The van der Waals surface area contributed by atoms with E-state index in [-0.39, 0.29) is 18.0 Å². The molecule has 1 aromatic rings. The molecule has 7 heteroatoms. The first-order valence-corrected chi connectivity index (χ1v) is 7.29. The van der Waals surface area contributed by atoms with E-state index in [9.17, 15) is 4.79 Å². The number of aryl methyl sites for hydroxylation is 1. The van der Waals surface area contributed by atoms with Crippen molar-refractivity contribution >= 4 is 17.5 Å². The standard InChI is InChI=1S/C14H23N5O2/c1-4-12-17-11(15)7-13(18-12)19-5-6-21-8-10(19)14(20)16-9(2)3/h7,9-10H,4-6,8H2,1-3H3,(H,16,20)(H2,15,17,18). The van der Waals surface area contributed by atoms with Crippen LogP contribution >= 0.6 is 0 Å². The van der Waals surface area contributed by atoms with E-state index in [1.165, 1.54) is 0 Å². The van der Waals surface area contributed by atoms with Gasteiger partial charge in [0.1, 0.15) is 23.5 Å². The molecule has 1 fully saturated rings. The number of carbonyl (C=O) groups excluding carboxylic acids is 1. The fourth-order valence-corrected chi connectivity index (χ4v) is 2.28. The Morgan fingerprint density at radius 2 is 2.33 bits per heavy atom. The van der Waals surface area contributed by atoms with Crippen LogP contribution in [0.4, 0.5) is 11.6 Å². The van der Waals surface area contributed by atoms with Gasteiger partial charge in [-0.2, -0.15) is 0 Å². The molecule has 2 heterocycles. The van der Waals surface area contributed by atoms with Crippen molar-refractivity contribution in [1.29, 1.82) is 0 Å². The highest BCUT2D eigenvalue weighted by molar-refractivity contribution is 5.85. The summed E-state index contributed by atoms with van der Waals surface area (Å²) in [6, 6.07) is 1.41. The van der Waals surface area contributed by atoms with Gasteiger partial charge < -0.3 is 20.7 Å². The number of hydrogen-bond donors (Lipinski definition) is 2. The first-order valence-electron chi connectivity index (χ1n) is 7.29. The molecule has 1 atom stereocenters. The maximum absolute atomic E-state index is 12.3. The number of morpholine rings is 1. The second-order valence-corrected chi connectivity index (χ2v) is 5.37. The predicted molar refractivity (Wildman–Crippen MR) is 81.1 cm³/mol. The molecule has 0 radical (unpaired) electrons. The molecule has 1 unspecified atom stereocenters. The first-order chi connectivity index (χ1) is 10.0. The minimum Gasteiger partial charge on any atom is -0.384 e. The Bertz CT molecular complexity index is 506. The molecular weight excluding hydrogens is 270 g/mol. The number of nitrogens with two attached hydrogens (primary N) is 1. The largest absolute Gasteiger partial charge is 0.384 e. The molecule has 7 nitrogen and oxygen atoms in total. The van der Waals surface area contributed by atoms with Crippen molar-refractivity contribution < 1.29 is 9.53 Å². The maximum Gasteiger partial charge on any atom is 0.245 e. The van der Waals surface area contributed by atoms with Crippen molar-refractivity contribution in [2.24, 2.45) is 0 Å². The third-order valence-corrected chi connectivity index (χ3v) is 3.25. The van der Waals surface area contributed by atoms with Crippen LogP contribution < -0.4 is 16.0 Å². The van der Waals surface area contributed by atoms with Gasteiger partial charge in [0.25, 0.3) is 0 Å². The zero-order valence-corrected chi connectivity index (χ0v) is 12.8. The third kappa shape index (κ3) is 3.81. The molecule has 1 aromatic heterocycles. The van der Waals surface area contributed by atoms with E-state index in [2.05, 4.69) is 15.3 Å². The van der Waals surface area contributed by atoms with Gasteiger partial charge in [-0.15, -0.1) is 0 Å². The molecule has 1 aliphatic rings. The van der Waals surface area contributed by atoms with Crippen molar-refractivity contribution in [2.75, 3.05) is 30.4 Å². The highest BCUT2D eigenvalue weighted by Gasteiger charge is 2.31. The first kappa shape index (κ1) is 15.5. The third-order valence-electron chi connectivity index (χ3n) is 3.25. The molecule has 2 rings (SSSR count). The van der Waals surface area contributed by atoms with Crippen LogP contribution in [0.15, 0.2) is 6.07 Å². The summed E-state index contributed by atoms with van der Waals surface area (Å²) in [5.74, 6) is 1.73. The van der Waals surface area contributed by atoms with Gasteiger partial charge in [0.15, 0.2) is 0 Å². The van der Waals surface area contributed by atoms with Crippen LogP contribution in [0.2, 0.25) is 0 Å². The van der Waals surface area contributed by atoms with E-state index >= 15 is 0 Å². The zero-order chi connectivity index (χ0) is 15.4. The van der Waals surface area contributed by atoms with Crippen molar-refractivity contribution in [3.63, 3.8) is 0 Å². The Kier molecular flexibility index (Phi) is 4.95. The molecule has 0 aromatic carbocycles. The van der Waals surface area contributed by atoms with Gasteiger partial charge in [-0.3, -0.25) is 4.79 Å². The average Bonchev–Trinajstić information content (AvgIpc) is 2.45. The summed E-state index contributed by atoms with van der Waals surface area (Å²) in [4.78, 5) is 22.9. The second kappa shape index (κ2) is 6.71. The van der Waals surface area contributed by atoms with E-state index in [1.54, 1.807) is 6.07 Å². The summed E-state index contributed by atoms with van der Waals surface area (Å²) >= 11 is 0. The molecule has 1 amide bonds. The SMILES string of the molecule is CCc1nc(N)cc(N2CCOCC2C(=O)NC(C)C)n1. The van der Waals surface area contributed by atoms with E-state index < -0.39 is 0 Å². The molecule has 1 saturated heterocycles. The number of nitrogens with one attached hydrogen (secondary N) is 1. The van der Waals surface area contributed by atoms with Crippen molar-refractivity contribution in [3.8, 4) is 0 Å². The number of anilines is 2. The summed E-state index contributed by atoms with van der Waals surface area (Å²) < 4.78 is 5.45. The van der Waals surface area contributed by atoms with Gasteiger partial charge in [-0.05, 0) is 13.8 Å². The molecule has 1 aliphatic heterocycles. The van der Waals surface area contributed by atoms with Crippen LogP contribution in [0, 0.1) is 0 Å². The number of hydrogen-bond acceptors (Lipinski definition) is 6. The van der Waals surface area contributed by atoms with Gasteiger partial charge >= 0.3 is 0 Å². The lowest BCUT2D eigenvalue weighted by molar-refractivity contribution is -0.125. The van der Waals surface area contributed by atoms with Crippen LogP contribution in [0.5, 0.6) is 0 Å². The minimum absolute atomic E-state index is 0.0556. The predicted octanol–water partition coefficient (Wildman–Crippen LogP) is 0.351. The lowest BCUT2D eigenvalue weighted by atomic mass is 10.2. The van der Waals surface area contributed by atoms with Crippen LogP contribution in [-0.4, -0.2) is 47.7 Å². The average molecular weight is 293 g/mol. The molecule has 3 N–H and O–H groups in total. The van der Waals surface area contributed by atoms with E-state index in [0.29, 0.717) is 43.6 Å². The quantitative estimate of drug-likeness (QED) is 0.832. The number of ether oxygens (including phenoxy) is 1. The molecule has 116 valence electrons. The topological polar surface area (TPSA) is 93.4 Å². The van der Waals surface area contributed by atoms with Crippen LogP contribution in [0.1, 0.15) is 26.6 Å². The van der Waals surface area contributed by atoms with Gasteiger partial charge in [0.2, 0.25) is 5.91 Å². The Hall–Kier alpha value is -1.89. The smallest absolute Gasteiger partial charge is 0.245 e. The monoisotopic (exact) mass is 293 g/mol. The van der Waals surface area contributed by atoms with Crippen molar-refractivity contribution in [1.82, 2.24) is 15.3 Å². The number of rotatable bonds is 4. The van der Waals surface area contributed by atoms with E-state index in [1.807, 2.05) is 25.7 Å². The van der Waals surface area contributed by atoms with E-state index in [4.69, 9.17) is 10.5 Å². The molecular formula is C14H23N5O2. The Morgan fingerprint density at radius 3 is 3.00 bits per heavy atom. The van der Waals surface area contributed by atoms with Crippen LogP contribution in [0.3, 0.4) is 0 Å². The van der Waals surface area contributed by atoms with Crippen LogP contribution in [0.25, 0.3) is 0 Å². The fraction of sp³-hybridized carbons (Fsp3) is 0.643. The summed E-state index contributed by atoms with van der Waals surface area (Å²) in [5.41, 5.74) is 5.83. The van der Waals surface area contributed by atoms with Gasteiger partial charge in [-0.1, -0.05) is 6.92 Å². The van der Waals surface area contributed by atoms with Crippen molar-refractivity contribution in [3.05, 3.63) is 11.9 Å². The molecule has 0 aliphatic carbocycles. The summed E-state index contributed by atoms with van der Waals surface area (Å²) in [5, 5.41) is 2.92. The Balaban J connectivity index is 2.26. The van der Waals surface area contributed by atoms with Gasteiger partial charge in [0, 0.05) is 25.1 Å². The summed E-state index contributed by atoms with van der Waals surface area (Å²) in [6.45, 7) is 7.37. The lowest BCUT2D eigenvalue weighted by Crippen LogP contribution is -2.55. The highest BCUT2D eigenvalue weighted by Crippen LogP contribution is 2.20. The maximum atomic E-state index is 12.3. The number of aromatic nitrogens is 2. The van der Waals surface area contributed by atoms with Gasteiger partial charge in [-0.25, -0.2) is 9.97 Å². The normalized spacial score (nSPS) is 18.9. The van der Waals surface area contributed by atoms with Crippen LogP contribution in [-0.2, 0) is 16.0 Å². The highest BCUT2D eigenvalue weighted by atomic mass is 16.5. The number of nitrogens with zero attached hydrogens (tertiary/aromatic N) is 3. The summed E-state index contributed by atoms with van der Waals surface area (Å²) in [7, 11) is 0. The summed E-state index contributed by atoms with van der Waals surface area (Å²) in [6.07, 6.45) is 0.700. The zero-order valence-electron chi connectivity index (χ0n) is 12.8. The number of carbonyl (C=O) groups is 1. The number of amides is 1. The molecule has 0 saturated carbocycles. The number of nitrogen functional groups attached to an aromatic ring is 1. The Labute approximate surface area is 124 Å². The van der Waals surface area contributed by atoms with E-state index in [0.717, 1.165) is 0 Å². The Morgan fingerprint density at radius 1 is 1.57 bits per heavy atom. The molecule has 21 heavy (non-hydrogen) atoms.